The summed E-state index contributed by atoms with van der Waals surface area (Å²) in [7, 11) is 0. The van der Waals surface area contributed by atoms with Crippen LogP contribution >= 0.6 is 0 Å². The SMILES string of the molecule is O=C(NCc1ccc2c(c1)CCN2C(=O)c1ccccc1)c1cc2ccccc2oc1=O. The van der Waals surface area contributed by atoms with Crippen molar-refractivity contribution in [3.63, 3.8) is 0 Å². The number of hydrogen-bond acceptors (Lipinski definition) is 4. The molecular formula is C26H20N2O4. The van der Waals surface area contributed by atoms with Gasteiger partial charge in [-0.1, -0.05) is 48.5 Å². The van der Waals surface area contributed by atoms with E-state index in [-0.39, 0.29) is 18.0 Å². The zero-order valence-corrected chi connectivity index (χ0v) is 17.2. The second-order valence-electron chi connectivity index (χ2n) is 7.70. The third-order valence-corrected chi connectivity index (χ3v) is 5.64. The number of benzene rings is 3. The van der Waals surface area contributed by atoms with Gasteiger partial charge in [0.2, 0.25) is 0 Å². The van der Waals surface area contributed by atoms with E-state index in [2.05, 4.69) is 5.32 Å². The van der Waals surface area contributed by atoms with Crippen LogP contribution in [0.25, 0.3) is 11.0 Å². The average Bonchev–Trinajstić information content (AvgIpc) is 3.25. The van der Waals surface area contributed by atoms with E-state index < -0.39 is 11.5 Å². The van der Waals surface area contributed by atoms with Gasteiger partial charge in [-0.3, -0.25) is 9.59 Å². The number of rotatable bonds is 4. The van der Waals surface area contributed by atoms with Gasteiger partial charge in [-0.2, -0.15) is 0 Å². The monoisotopic (exact) mass is 424 g/mol. The van der Waals surface area contributed by atoms with Crippen molar-refractivity contribution in [2.45, 2.75) is 13.0 Å². The zero-order chi connectivity index (χ0) is 22.1. The molecule has 0 spiro atoms. The molecule has 0 unspecified atom stereocenters. The maximum atomic E-state index is 12.8. The first-order chi connectivity index (χ1) is 15.6. The first-order valence-corrected chi connectivity index (χ1v) is 10.4. The molecule has 1 aliphatic heterocycles. The number of anilines is 1. The van der Waals surface area contributed by atoms with E-state index in [0.29, 0.717) is 23.1 Å². The summed E-state index contributed by atoms with van der Waals surface area (Å²) >= 11 is 0. The Bertz CT molecular complexity index is 1390. The zero-order valence-electron chi connectivity index (χ0n) is 17.2. The molecule has 0 atom stereocenters. The average molecular weight is 424 g/mol. The fourth-order valence-electron chi connectivity index (χ4n) is 4.01. The van der Waals surface area contributed by atoms with E-state index in [1.165, 1.54) is 0 Å². The van der Waals surface area contributed by atoms with Crippen LogP contribution in [0.4, 0.5) is 5.69 Å². The van der Waals surface area contributed by atoms with Crippen molar-refractivity contribution in [1.82, 2.24) is 5.32 Å². The molecule has 0 saturated heterocycles. The minimum atomic E-state index is -0.662. The standard InChI is InChI=1S/C26H20N2O4/c29-24(21-15-20-8-4-5-9-23(20)32-26(21)31)27-16-17-10-11-22-19(14-17)12-13-28(22)25(30)18-6-2-1-3-7-18/h1-11,14-15H,12-13,16H2,(H,27,29). The number of amides is 2. The molecular weight excluding hydrogens is 404 g/mol. The fourth-order valence-corrected chi connectivity index (χ4v) is 4.01. The lowest BCUT2D eigenvalue weighted by Gasteiger charge is -2.17. The first kappa shape index (κ1) is 19.8. The number of hydrogen-bond donors (Lipinski definition) is 1. The van der Waals surface area contributed by atoms with Crippen molar-refractivity contribution in [2.24, 2.45) is 0 Å². The quantitative estimate of drug-likeness (QED) is 0.504. The van der Waals surface area contributed by atoms with Crippen molar-refractivity contribution >= 4 is 28.5 Å². The fraction of sp³-hybridized carbons (Fsp3) is 0.115. The van der Waals surface area contributed by atoms with E-state index in [9.17, 15) is 14.4 Å². The van der Waals surface area contributed by atoms with Crippen molar-refractivity contribution in [3.8, 4) is 0 Å². The van der Waals surface area contributed by atoms with Crippen LogP contribution in [0.1, 0.15) is 31.8 Å². The van der Waals surface area contributed by atoms with E-state index in [4.69, 9.17) is 4.42 Å². The van der Waals surface area contributed by atoms with Gasteiger partial charge < -0.3 is 14.6 Å². The number of carbonyl (C=O) groups excluding carboxylic acids is 2. The van der Waals surface area contributed by atoms with E-state index >= 15 is 0 Å². The molecule has 5 rings (SSSR count). The molecule has 0 saturated carbocycles. The lowest BCUT2D eigenvalue weighted by Crippen LogP contribution is -2.29. The minimum Gasteiger partial charge on any atom is -0.422 e. The van der Waals surface area contributed by atoms with E-state index in [1.807, 2.05) is 54.6 Å². The Morgan fingerprint density at radius 2 is 1.72 bits per heavy atom. The van der Waals surface area contributed by atoms with Crippen LogP contribution in [0, 0.1) is 0 Å². The van der Waals surface area contributed by atoms with Crippen LogP contribution in [-0.4, -0.2) is 18.4 Å². The number of nitrogens with one attached hydrogen (secondary N) is 1. The summed E-state index contributed by atoms with van der Waals surface area (Å²) in [6.45, 7) is 0.891. The molecule has 6 heteroatoms. The highest BCUT2D eigenvalue weighted by molar-refractivity contribution is 6.07. The molecule has 2 amide bonds. The Balaban J connectivity index is 1.30. The Hall–Kier alpha value is -4.19. The summed E-state index contributed by atoms with van der Waals surface area (Å²) in [5, 5.41) is 3.48. The van der Waals surface area contributed by atoms with Gasteiger partial charge in [0.05, 0.1) is 0 Å². The molecule has 0 fully saturated rings. The molecule has 32 heavy (non-hydrogen) atoms. The van der Waals surface area contributed by atoms with Gasteiger partial charge in [-0.05, 0) is 47.9 Å². The summed E-state index contributed by atoms with van der Waals surface area (Å²) < 4.78 is 5.24. The summed E-state index contributed by atoms with van der Waals surface area (Å²) in [4.78, 5) is 39.4. The molecule has 1 aliphatic rings. The van der Waals surface area contributed by atoms with Crippen molar-refractivity contribution in [2.75, 3.05) is 11.4 Å². The molecule has 0 bridgehead atoms. The van der Waals surface area contributed by atoms with Crippen LogP contribution in [0.15, 0.2) is 88.1 Å². The third-order valence-electron chi connectivity index (χ3n) is 5.64. The smallest absolute Gasteiger partial charge is 0.349 e. The van der Waals surface area contributed by atoms with Crippen molar-refractivity contribution in [1.29, 1.82) is 0 Å². The lowest BCUT2D eigenvalue weighted by atomic mass is 10.1. The van der Waals surface area contributed by atoms with Gasteiger partial charge in [0.1, 0.15) is 11.1 Å². The predicted molar refractivity (Wildman–Crippen MR) is 122 cm³/mol. The summed E-state index contributed by atoms with van der Waals surface area (Å²) in [5.74, 6) is -0.501. The molecule has 1 N–H and O–H groups in total. The van der Waals surface area contributed by atoms with Gasteiger partial charge >= 0.3 is 5.63 Å². The molecule has 0 radical (unpaired) electrons. The maximum Gasteiger partial charge on any atom is 0.349 e. The van der Waals surface area contributed by atoms with Crippen molar-refractivity contribution < 1.29 is 14.0 Å². The lowest BCUT2D eigenvalue weighted by molar-refractivity contribution is 0.0946. The van der Waals surface area contributed by atoms with Gasteiger partial charge in [0.15, 0.2) is 0 Å². The Labute approximate surface area is 184 Å². The Kier molecular flexibility index (Phi) is 5.03. The Morgan fingerprint density at radius 1 is 0.938 bits per heavy atom. The molecule has 2 heterocycles. The summed E-state index contributed by atoms with van der Waals surface area (Å²) in [6, 6.07) is 23.6. The maximum absolute atomic E-state index is 12.8. The van der Waals surface area contributed by atoms with E-state index in [0.717, 1.165) is 23.2 Å². The predicted octanol–water partition coefficient (Wildman–Crippen LogP) is 3.93. The molecule has 0 aliphatic carbocycles. The molecule has 6 nitrogen and oxygen atoms in total. The molecule has 158 valence electrons. The molecule has 1 aromatic heterocycles. The highest BCUT2D eigenvalue weighted by Crippen LogP contribution is 2.30. The van der Waals surface area contributed by atoms with Crippen LogP contribution in [-0.2, 0) is 13.0 Å². The topological polar surface area (TPSA) is 79.6 Å². The number of fused-ring (bicyclic) bond motifs is 2. The first-order valence-electron chi connectivity index (χ1n) is 10.4. The minimum absolute atomic E-state index is 0.0200. The van der Waals surface area contributed by atoms with Crippen molar-refractivity contribution in [3.05, 3.63) is 112 Å². The van der Waals surface area contributed by atoms with Gasteiger partial charge in [-0.25, -0.2) is 4.79 Å². The van der Waals surface area contributed by atoms with E-state index in [1.54, 1.807) is 29.2 Å². The normalized spacial score (nSPS) is 12.6. The summed E-state index contributed by atoms with van der Waals surface area (Å²) in [6.07, 6.45) is 0.754. The number of carbonyl (C=O) groups is 2. The van der Waals surface area contributed by atoms with Crippen LogP contribution in [0.5, 0.6) is 0 Å². The highest BCUT2D eigenvalue weighted by atomic mass is 16.4. The second-order valence-corrected chi connectivity index (χ2v) is 7.70. The van der Waals surface area contributed by atoms with Gasteiger partial charge in [0, 0.05) is 29.7 Å². The number of nitrogens with zero attached hydrogens (tertiary/aromatic N) is 1. The number of para-hydroxylation sites is 1. The molecule has 3 aromatic carbocycles. The summed E-state index contributed by atoms with van der Waals surface area (Å²) in [5.41, 5.74) is 3.27. The highest BCUT2D eigenvalue weighted by Gasteiger charge is 2.25. The van der Waals surface area contributed by atoms with Gasteiger partial charge in [-0.15, -0.1) is 0 Å². The Morgan fingerprint density at radius 3 is 2.56 bits per heavy atom. The largest absolute Gasteiger partial charge is 0.422 e. The van der Waals surface area contributed by atoms with Crippen LogP contribution < -0.4 is 15.8 Å². The van der Waals surface area contributed by atoms with Crippen LogP contribution in [0.3, 0.4) is 0 Å². The van der Waals surface area contributed by atoms with Crippen LogP contribution in [0.2, 0.25) is 0 Å². The van der Waals surface area contributed by atoms with Gasteiger partial charge in [0.25, 0.3) is 11.8 Å². The second kappa shape index (κ2) is 8.15. The molecule has 4 aromatic rings. The third kappa shape index (κ3) is 3.67.